The van der Waals surface area contributed by atoms with Crippen molar-refractivity contribution in [1.29, 1.82) is 0 Å². The Morgan fingerprint density at radius 1 is 0.770 bits per heavy atom. The lowest BCUT2D eigenvalue weighted by Crippen LogP contribution is -2.41. The largest absolute Gasteiger partial charge is 0.494 e. The van der Waals surface area contributed by atoms with E-state index in [4.69, 9.17) is 25.9 Å². The molecule has 0 spiro atoms. The van der Waals surface area contributed by atoms with E-state index < -0.39 is 23.6 Å². The molecule has 0 aliphatic carbocycles. The van der Waals surface area contributed by atoms with Gasteiger partial charge in [0.25, 0.3) is 11.8 Å². The summed E-state index contributed by atoms with van der Waals surface area (Å²) in [6.07, 6.45) is 4.41. The van der Waals surface area contributed by atoms with Crippen LogP contribution in [0, 0.1) is 31.6 Å². The summed E-state index contributed by atoms with van der Waals surface area (Å²) in [5.74, 6) is 5.46. The van der Waals surface area contributed by atoms with Gasteiger partial charge in [-0.05, 0) is 70.0 Å². The van der Waals surface area contributed by atoms with Gasteiger partial charge in [0.2, 0.25) is 23.7 Å². The molecule has 1 fully saturated rings. The maximum atomic E-state index is 13.8. The number of rotatable bonds is 16. The van der Waals surface area contributed by atoms with Crippen molar-refractivity contribution in [2.24, 2.45) is 17.4 Å². The molecule has 0 unspecified atom stereocenters. The number of hydrogen-bond donors (Lipinski definition) is 5. The molecule has 19 heteroatoms. The molecule has 1 aliphatic heterocycles. The third kappa shape index (κ3) is 8.79. The Morgan fingerprint density at radius 2 is 1.26 bits per heavy atom. The smallest absolute Gasteiger partial charge is 0.276 e. The number of aromatic nitrogens is 8. The van der Waals surface area contributed by atoms with Gasteiger partial charge in [0.15, 0.2) is 0 Å². The first-order valence-corrected chi connectivity index (χ1v) is 19.8. The van der Waals surface area contributed by atoms with Crippen molar-refractivity contribution in [3.05, 3.63) is 82.5 Å². The Bertz CT molecular complexity index is 2780. The minimum Gasteiger partial charge on any atom is -0.494 e. The van der Waals surface area contributed by atoms with Crippen LogP contribution >= 0.6 is 0 Å². The summed E-state index contributed by atoms with van der Waals surface area (Å²) in [6, 6.07) is 9.50. The molecule has 61 heavy (non-hydrogen) atoms. The van der Waals surface area contributed by atoms with E-state index in [2.05, 4.69) is 43.0 Å². The van der Waals surface area contributed by atoms with Crippen molar-refractivity contribution in [2.75, 3.05) is 37.4 Å². The molecular weight excluding hydrogens is 783 g/mol. The first kappa shape index (κ1) is 41.7. The Morgan fingerprint density at radius 3 is 1.70 bits per heavy atom. The second kappa shape index (κ2) is 17.8. The van der Waals surface area contributed by atoms with Gasteiger partial charge >= 0.3 is 0 Å². The highest BCUT2D eigenvalue weighted by molar-refractivity contribution is 6.05. The summed E-state index contributed by atoms with van der Waals surface area (Å²) in [7, 11) is 1.46. The fourth-order valence-electron chi connectivity index (χ4n) is 7.06. The van der Waals surface area contributed by atoms with Crippen LogP contribution in [0.15, 0.2) is 48.6 Å². The number of carbonyl (C=O) groups excluding carboxylic acids is 4. The third-order valence-corrected chi connectivity index (χ3v) is 10.1. The van der Waals surface area contributed by atoms with Crippen LogP contribution in [0.3, 0.4) is 0 Å². The molecule has 0 saturated carbocycles. The zero-order valence-corrected chi connectivity index (χ0v) is 34.5. The van der Waals surface area contributed by atoms with E-state index in [0.717, 1.165) is 19.5 Å². The van der Waals surface area contributed by atoms with Crippen molar-refractivity contribution in [1.82, 2.24) is 44.0 Å². The predicted molar refractivity (Wildman–Crippen MR) is 228 cm³/mol. The van der Waals surface area contributed by atoms with Gasteiger partial charge in [-0.1, -0.05) is 24.0 Å². The molecule has 2 aromatic carbocycles. The summed E-state index contributed by atoms with van der Waals surface area (Å²) in [4.78, 5) is 61.6. The molecule has 316 valence electrons. The van der Waals surface area contributed by atoms with E-state index in [1.165, 1.54) is 25.3 Å². The van der Waals surface area contributed by atoms with Crippen LogP contribution in [0.1, 0.15) is 73.3 Å². The predicted octanol–water partition coefficient (Wildman–Crippen LogP) is 3.39. The van der Waals surface area contributed by atoms with E-state index >= 15 is 0 Å². The Balaban J connectivity index is 1.26. The van der Waals surface area contributed by atoms with Crippen LogP contribution in [0.4, 0.5) is 11.9 Å². The number of hydrogen-bond acceptors (Lipinski definition) is 11. The highest BCUT2D eigenvalue weighted by Crippen LogP contribution is 2.33. The Labute approximate surface area is 350 Å². The highest BCUT2D eigenvalue weighted by atomic mass is 16.5. The highest BCUT2D eigenvalue weighted by Gasteiger charge is 2.24. The molecule has 5 heterocycles. The number of nitrogens with two attached hydrogens (primary N) is 2. The molecule has 1 saturated heterocycles. The van der Waals surface area contributed by atoms with Crippen molar-refractivity contribution < 1.29 is 28.7 Å². The lowest BCUT2D eigenvalue weighted by Gasteiger charge is -2.24. The lowest BCUT2D eigenvalue weighted by molar-refractivity contribution is 0.0991. The molecule has 19 nitrogen and oxygen atoms in total. The van der Waals surface area contributed by atoms with Crippen LogP contribution in [0.5, 0.6) is 11.5 Å². The Kier molecular flexibility index (Phi) is 12.2. The van der Waals surface area contributed by atoms with E-state index in [9.17, 15) is 19.2 Å². The molecule has 0 atom stereocenters. The zero-order valence-electron chi connectivity index (χ0n) is 34.5. The molecule has 4 aromatic heterocycles. The number of allylic oxidation sites excluding steroid dienone is 2. The summed E-state index contributed by atoms with van der Waals surface area (Å²) < 4.78 is 18.6. The second-order valence-corrected chi connectivity index (χ2v) is 14.4. The quantitative estimate of drug-likeness (QED) is 0.0699. The molecular formula is C42H47N13O6. The number of primary amides is 2. The summed E-state index contributed by atoms with van der Waals surface area (Å²) in [5.41, 5.74) is 15.5. The number of aryl methyl sites for hydroxylation is 4. The first-order chi connectivity index (χ1) is 29.4. The fourth-order valence-corrected chi connectivity index (χ4v) is 7.06. The van der Waals surface area contributed by atoms with Crippen molar-refractivity contribution >= 4 is 57.6 Å². The van der Waals surface area contributed by atoms with E-state index in [1.807, 2.05) is 26.0 Å². The van der Waals surface area contributed by atoms with Crippen LogP contribution in [0.2, 0.25) is 0 Å². The molecule has 7 rings (SSSR count). The number of imidazole rings is 2. The van der Waals surface area contributed by atoms with Gasteiger partial charge in [-0.3, -0.25) is 39.2 Å². The number of methoxy groups -OCH3 is 1. The molecule has 7 N–H and O–H groups in total. The van der Waals surface area contributed by atoms with Crippen molar-refractivity contribution in [2.45, 2.75) is 60.3 Å². The average Bonchev–Trinajstić information content (AvgIpc) is 3.98. The lowest BCUT2D eigenvalue weighted by atomic mass is 10.0. The maximum absolute atomic E-state index is 13.8. The van der Waals surface area contributed by atoms with E-state index in [0.29, 0.717) is 75.3 Å². The zero-order chi connectivity index (χ0) is 43.4. The van der Waals surface area contributed by atoms with Crippen LogP contribution < -0.4 is 36.9 Å². The third-order valence-electron chi connectivity index (χ3n) is 10.1. The van der Waals surface area contributed by atoms with Crippen molar-refractivity contribution in [3.63, 3.8) is 0 Å². The van der Waals surface area contributed by atoms with Gasteiger partial charge in [0.05, 0.1) is 29.5 Å². The van der Waals surface area contributed by atoms with E-state index in [-0.39, 0.29) is 42.7 Å². The van der Waals surface area contributed by atoms with Gasteiger partial charge in [-0.15, -0.1) is 0 Å². The number of ether oxygens (including phenoxy) is 2. The van der Waals surface area contributed by atoms with Gasteiger partial charge in [-0.25, -0.2) is 9.97 Å². The summed E-state index contributed by atoms with van der Waals surface area (Å²) in [5, 5.41) is 17.9. The standard InChI is InChI=1S/C42H47N13O6/c1-6-54-31(16-24(3)50-54)39(58)48-41-46-29-18-27(37(43)56)20-33(60-5)35(29)52(41)13-9-10-14-53-36-30(47-42(53)49-40(59)32-17-25(4)51-55(32)7-2)19-28(38(44)57)21-34(36)61-15-11-8-12-26-22-45-23-26/h9-10,16-21,26,45H,6-7,12-15,22-23H2,1-5H3,(H2,43,56)(H2,44,57)(H,46,48,58)(H,47,49,59)/b10-9+. The Hall–Kier alpha value is -7.46. The van der Waals surface area contributed by atoms with Crippen LogP contribution in [0.25, 0.3) is 22.1 Å². The molecule has 0 bridgehead atoms. The number of nitrogens with zero attached hydrogens (tertiary/aromatic N) is 8. The molecule has 0 radical (unpaired) electrons. The molecule has 1 aliphatic rings. The molecule has 4 amide bonds. The van der Waals surface area contributed by atoms with Gasteiger partial charge in [0.1, 0.15) is 40.5 Å². The van der Waals surface area contributed by atoms with Gasteiger partial charge in [0, 0.05) is 56.8 Å². The number of fused-ring (bicyclic) bond motifs is 2. The number of carbonyl (C=O) groups is 4. The van der Waals surface area contributed by atoms with Gasteiger partial charge in [-0.2, -0.15) is 10.2 Å². The summed E-state index contributed by atoms with van der Waals surface area (Å²) >= 11 is 0. The normalized spacial score (nSPS) is 12.7. The SMILES string of the molecule is CCn1nc(C)cc1C(=O)Nc1nc2cc(C(N)=O)cc(OC)c2n1C/C=C/Cn1c(NC(=O)c2cc(C)nn2CC)nc2cc(C(N)=O)cc(OCC#CCC3CNC3)c21. The number of nitrogens with one attached hydrogen (secondary N) is 3. The average molecular weight is 830 g/mol. The van der Waals surface area contributed by atoms with Crippen LogP contribution in [-0.4, -0.2) is 89.1 Å². The number of amides is 4. The number of anilines is 2. The monoisotopic (exact) mass is 829 g/mol. The van der Waals surface area contributed by atoms with Crippen molar-refractivity contribution in [3.8, 4) is 23.3 Å². The summed E-state index contributed by atoms with van der Waals surface area (Å²) in [6.45, 7) is 10.5. The topological polar surface area (TPSA) is 246 Å². The minimum absolute atomic E-state index is 0.0370. The first-order valence-electron chi connectivity index (χ1n) is 19.8. The second-order valence-electron chi connectivity index (χ2n) is 14.4. The van der Waals surface area contributed by atoms with Gasteiger partial charge < -0.3 is 35.4 Å². The minimum atomic E-state index is -0.680. The molecule has 6 aromatic rings. The maximum Gasteiger partial charge on any atom is 0.276 e. The van der Waals surface area contributed by atoms with E-state index in [1.54, 1.807) is 50.5 Å². The number of benzene rings is 2. The fraction of sp³-hybridized carbons (Fsp3) is 0.333. The van der Waals surface area contributed by atoms with Crippen LogP contribution in [-0.2, 0) is 26.2 Å².